The van der Waals surface area contributed by atoms with Crippen LogP contribution < -0.4 is 10.2 Å². The highest BCUT2D eigenvalue weighted by Crippen LogP contribution is 2.27. The third-order valence-electron chi connectivity index (χ3n) is 4.42. The molecule has 0 spiro atoms. The van der Waals surface area contributed by atoms with Gasteiger partial charge in [0.25, 0.3) is 0 Å². The second-order valence-electron chi connectivity index (χ2n) is 6.80. The molecule has 0 aliphatic heterocycles. The van der Waals surface area contributed by atoms with Crippen molar-refractivity contribution in [1.82, 2.24) is 5.48 Å². The van der Waals surface area contributed by atoms with Crippen LogP contribution in [0, 0.1) is 5.92 Å². The normalized spacial score (nSPS) is 12.6. The second kappa shape index (κ2) is 11.2. The number of aromatic carboxylic acids is 1. The number of hydroxylamine groups is 1. The number of carbonyl (C=O) groups excluding carboxylic acids is 1. The summed E-state index contributed by atoms with van der Waals surface area (Å²) in [7, 11) is 0. The van der Waals surface area contributed by atoms with E-state index in [0.29, 0.717) is 23.5 Å². The average Bonchev–Trinajstić information content (AvgIpc) is 2.71. The van der Waals surface area contributed by atoms with Crippen molar-refractivity contribution in [3.05, 3.63) is 59.7 Å². The third-order valence-corrected chi connectivity index (χ3v) is 4.86. The Morgan fingerprint density at radius 2 is 1.70 bits per heavy atom. The summed E-state index contributed by atoms with van der Waals surface area (Å²) in [6.45, 7) is 0. The Labute approximate surface area is 178 Å². The second-order valence-corrected chi connectivity index (χ2v) is 7.53. The number of nitrogens with one attached hydrogen (secondary N) is 1. The molecule has 0 fully saturated rings. The van der Waals surface area contributed by atoms with Gasteiger partial charge in [0.15, 0.2) is 0 Å². The highest BCUT2D eigenvalue weighted by molar-refractivity contribution is 7.81. The molecule has 2 aromatic rings. The Bertz CT molecular complexity index is 888. The molecular formula is C21H23NO7S. The van der Waals surface area contributed by atoms with Crippen LogP contribution in [-0.2, 0) is 16.0 Å². The summed E-state index contributed by atoms with van der Waals surface area (Å²) in [5.41, 5.74) is 2.02. The van der Waals surface area contributed by atoms with E-state index in [4.69, 9.17) is 9.94 Å². The van der Waals surface area contributed by atoms with Crippen LogP contribution in [0.2, 0.25) is 0 Å². The number of hydrogen-bond donors (Lipinski definition) is 5. The fourth-order valence-electron chi connectivity index (χ4n) is 2.94. The molecule has 0 bridgehead atoms. The van der Waals surface area contributed by atoms with Crippen LogP contribution in [0.4, 0.5) is 0 Å². The molecular weight excluding hydrogens is 410 g/mol. The van der Waals surface area contributed by atoms with Crippen molar-refractivity contribution in [2.45, 2.75) is 30.9 Å². The fraction of sp³-hybridized carbons (Fsp3) is 0.286. The van der Waals surface area contributed by atoms with E-state index in [2.05, 4.69) is 12.6 Å². The van der Waals surface area contributed by atoms with Crippen LogP contribution in [0.15, 0.2) is 48.5 Å². The summed E-state index contributed by atoms with van der Waals surface area (Å²) in [5, 5.41) is 27.1. The lowest BCUT2D eigenvalue weighted by atomic mass is 9.92. The molecule has 0 radical (unpaired) electrons. The molecule has 30 heavy (non-hydrogen) atoms. The molecule has 0 aliphatic rings. The van der Waals surface area contributed by atoms with Gasteiger partial charge in [-0.05, 0) is 55.2 Å². The highest BCUT2D eigenvalue weighted by atomic mass is 32.1. The lowest BCUT2D eigenvalue weighted by molar-refractivity contribution is -0.142. The summed E-state index contributed by atoms with van der Waals surface area (Å²) >= 11 is 4.25. The van der Waals surface area contributed by atoms with Gasteiger partial charge in [-0.1, -0.05) is 18.2 Å². The third kappa shape index (κ3) is 7.41. The van der Waals surface area contributed by atoms with Crippen molar-refractivity contribution in [2.75, 3.05) is 0 Å². The van der Waals surface area contributed by atoms with Gasteiger partial charge in [-0.2, -0.15) is 12.6 Å². The molecule has 9 heteroatoms. The van der Waals surface area contributed by atoms with Crippen molar-refractivity contribution in [3.63, 3.8) is 0 Å². The predicted octanol–water partition coefficient (Wildman–Crippen LogP) is 3.39. The number of carboxylic acid groups (broad SMARTS) is 2. The van der Waals surface area contributed by atoms with Crippen LogP contribution >= 0.6 is 12.6 Å². The Morgan fingerprint density at radius 1 is 1.00 bits per heavy atom. The largest absolute Gasteiger partial charge is 0.481 e. The first-order valence-corrected chi connectivity index (χ1v) is 9.74. The number of para-hydroxylation sites is 1. The summed E-state index contributed by atoms with van der Waals surface area (Å²) in [4.78, 5) is 34.4. The fourth-order valence-corrected chi connectivity index (χ4v) is 3.25. The number of hydrogen-bond acceptors (Lipinski definition) is 6. The van der Waals surface area contributed by atoms with Gasteiger partial charge in [-0.25, -0.2) is 10.3 Å². The molecule has 8 nitrogen and oxygen atoms in total. The molecule has 2 atom stereocenters. The summed E-state index contributed by atoms with van der Waals surface area (Å²) in [6.07, 6.45) is 0.609. The maximum absolute atomic E-state index is 11.7. The minimum Gasteiger partial charge on any atom is -0.481 e. The van der Waals surface area contributed by atoms with E-state index in [-0.39, 0.29) is 24.8 Å². The molecule has 4 N–H and O–H groups in total. The minimum atomic E-state index is -1.15. The van der Waals surface area contributed by atoms with Crippen LogP contribution in [-0.4, -0.2) is 38.5 Å². The number of carboxylic acids is 2. The first kappa shape index (κ1) is 23.2. The number of amides is 1. The van der Waals surface area contributed by atoms with Crippen molar-refractivity contribution in [1.29, 1.82) is 0 Å². The van der Waals surface area contributed by atoms with Crippen LogP contribution in [0.3, 0.4) is 0 Å². The van der Waals surface area contributed by atoms with E-state index in [9.17, 15) is 24.6 Å². The van der Waals surface area contributed by atoms with Crippen LogP contribution in [0.25, 0.3) is 0 Å². The van der Waals surface area contributed by atoms with Gasteiger partial charge < -0.3 is 14.9 Å². The Kier molecular flexibility index (Phi) is 8.70. The minimum absolute atomic E-state index is 0.00532. The molecule has 2 unspecified atom stereocenters. The maximum atomic E-state index is 11.7. The van der Waals surface area contributed by atoms with Crippen molar-refractivity contribution in [3.8, 4) is 11.5 Å². The number of benzene rings is 2. The predicted molar refractivity (Wildman–Crippen MR) is 111 cm³/mol. The summed E-state index contributed by atoms with van der Waals surface area (Å²) < 4.78 is 5.72. The van der Waals surface area contributed by atoms with Gasteiger partial charge in [-0.15, -0.1) is 0 Å². The molecule has 160 valence electrons. The van der Waals surface area contributed by atoms with E-state index in [0.717, 1.165) is 0 Å². The summed E-state index contributed by atoms with van der Waals surface area (Å²) in [6, 6.07) is 13.3. The van der Waals surface area contributed by atoms with E-state index in [1.165, 1.54) is 17.6 Å². The van der Waals surface area contributed by atoms with E-state index in [1.54, 1.807) is 30.3 Å². The quantitative estimate of drug-likeness (QED) is 0.208. The average molecular weight is 433 g/mol. The number of aliphatic carboxylic acids is 1. The van der Waals surface area contributed by atoms with Crippen molar-refractivity contribution in [2.24, 2.45) is 5.92 Å². The van der Waals surface area contributed by atoms with Gasteiger partial charge in [0, 0.05) is 11.7 Å². The molecule has 0 heterocycles. The van der Waals surface area contributed by atoms with Gasteiger partial charge in [0.05, 0.1) is 11.5 Å². The lowest BCUT2D eigenvalue weighted by Crippen LogP contribution is -2.23. The smallest absolute Gasteiger partial charge is 0.335 e. The van der Waals surface area contributed by atoms with E-state index in [1.807, 2.05) is 6.07 Å². The molecule has 0 aromatic heterocycles. The van der Waals surface area contributed by atoms with Crippen molar-refractivity contribution < 1.29 is 34.5 Å². The van der Waals surface area contributed by atoms with Gasteiger partial charge >= 0.3 is 11.9 Å². The first-order valence-electron chi connectivity index (χ1n) is 9.22. The van der Waals surface area contributed by atoms with E-state index >= 15 is 0 Å². The van der Waals surface area contributed by atoms with Crippen LogP contribution in [0.5, 0.6) is 11.5 Å². The molecule has 0 saturated heterocycles. The lowest BCUT2D eigenvalue weighted by Gasteiger charge is -2.16. The van der Waals surface area contributed by atoms with Crippen molar-refractivity contribution >= 4 is 30.5 Å². The zero-order valence-electron chi connectivity index (χ0n) is 16.0. The molecule has 1 amide bonds. The zero-order valence-corrected chi connectivity index (χ0v) is 16.9. The molecule has 2 aromatic carbocycles. The summed E-state index contributed by atoms with van der Waals surface area (Å²) in [5.74, 6) is -2.75. The zero-order chi connectivity index (χ0) is 22.1. The van der Waals surface area contributed by atoms with E-state index < -0.39 is 29.0 Å². The molecule has 0 aliphatic carbocycles. The maximum Gasteiger partial charge on any atom is 0.335 e. The number of carbonyl (C=O) groups is 3. The molecule has 2 rings (SSSR count). The standard InChI is InChI=1S/C21H23NO7S/c23-19(22-28)12-18(30)7-6-14(20(24)25)8-13-9-15(21(26)27)11-17(10-13)29-16-4-2-1-3-5-16/h1-5,9-11,14,18,28,30H,6-8,12H2,(H,22,23)(H,24,25)(H,26,27). The number of rotatable bonds is 11. The highest BCUT2D eigenvalue weighted by Gasteiger charge is 2.21. The Morgan fingerprint density at radius 3 is 2.30 bits per heavy atom. The Hall–Kier alpha value is -3.04. The first-order chi connectivity index (χ1) is 14.3. The SMILES string of the molecule is O=C(CC(S)CCC(Cc1cc(Oc2ccccc2)cc(C(=O)O)c1)C(=O)O)NO. The monoisotopic (exact) mass is 433 g/mol. The van der Waals surface area contributed by atoms with Crippen LogP contribution in [0.1, 0.15) is 35.2 Å². The number of ether oxygens (including phenoxy) is 1. The Balaban J connectivity index is 2.15. The van der Waals surface area contributed by atoms with Gasteiger partial charge in [-0.3, -0.25) is 14.8 Å². The molecule has 0 saturated carbocycles. The van der Waals surface area contributed by atoms with Gasteiger partial charge in [0.1, 0.15) is 11.5 Å². The number of thiol groups is 1. The topological polar surface area (TPSA) is 133 Å². The van der Waals surface area contributed by atoms with Gasteiger partial charge in [0.2, 0.25) is 5.91 Å².